The van der Waals surface area contributed by atoms with E-state index in [0.717, 1.165) is 9.79 Å². The molecule has 3 nitrogen and oxygen atoms in total. The minimum atomic E-state index is -0.392. The fourth-order valence-corrected chi connectivity index (χ4v) is 2.10. The van der Waals surface area contributed by atoms with Crippen LogP contribution in [0.2, 0.25) is 0 Å². The van der Waals surface area contributed by atoms with Gasteiger partial charge in [-0.25, -0.2) is 0 Å². The fraction of sp³-hybridized carbons (Fsp3) is 0.250. The largest absolute Gasteiger partial charge is 0.269 e. The molecule has 0 fully saturated rings. The second kappa shape index (κ2) is 11.1. The van der Waals surface area contributed by atoms with Crippen LogP contribution in [-0.4, -0.2) is 4.92 Å². The molecule has 108 valence electrons. The van der Waals surface area contributed by atoms with Crippen LogP contribution in [0.4, 0.5) is 5.69 Å². The number of nitro groups is 1. The summed E-state index contributed by atoms with van der Waals surface area (Å²) in [7, 11) is 0. The van der Waals surface area contributed by atoms with Gasteiger partial charge in [0.1, 0.15) is 0 Å². The molecule has 0 heterocycles. The van der Waals surface area contributed by atoms with Gasteiger partial charge in [0.25, 0.3) is 5.69 Å². The molecule has 0 aliphatic carbocycles. The summed E-state index contributed by atoms with van der Waals surface area (Å²) < 4.78 is 0. The monoisotopic (exact) mass is 291 g/mol. The van der Waals surface area contributed by atoms with Crippen LogP contribution >= 0.6 is 11.8 Å². The number of benzene rings is 2. The van der Waals surface area contributed by atoms with E-state index < -0.39 is 4.92 Å². The van der Waals surface area contributed by atoms with Crippen LogP contribution in [0, 0.1) is 10.1 Å². The van der Waals surface area contributed by atoms with Gasteiger partial charge in [0.05, 0.1) is 4.92 Å². The van der Waals surface area contributed by atoms with E-state index in [4.69, 9.17) is 0 Å². The molecule has 0 bridgehead atoms. The number of hydrogen-bond donors (Lipinski definition) is 0. The lowest BCUT2D eigenvalue weighted by Crippen LogP contribution is -1.86. The minimum absolute atomic E-state index is 0.123. The number of nitro benzene ring substituents is 1. The highest BCUT2D eigenvalue weighted by atomic mass is 32.2. The highest BCUT2D eigenvalue weighted by Gasteiger charge is 2.04. The van der Waals surface area contributed by atoms with Crippen LogP contribution < -0.4 is 0 Å². The maximum absolute atomic E-state index is 10.5. The summed E-state index contributed by atoms with van der Waals surface area (Å²) in [4.78, 5) is 12.2. The van der Waals surface area contributed by atoms with E-state index in [2.05, 4.69) is 0 Å². The summed E-state index contributed by atoms with van der Waals surface area (Å²) in [5, 5.41) is 10.5. The molecule has 0 aliphatic rings. The number of hydrogen-bond acceptors (Lipinski definition) is 3. The minimum Gasteiger partial charge on any atom is -0.258 e. The number of rotatable bonds is 3. The van der Waals surface area contributed by atoms with Crippen LogP contribution in [-0.2, 0) is 0 Å². The van der Waals surface area contributed by atoms with E-state index in [9.17, 15) is 10.1 Å². The molecule has 0 N–H and O–H groups in total. The predicted molar refractivity (Wildman–Crippen MR) is 86.4 cm³/mol. The average Bonchev–Trinajstić information content (AvgIpc) is 2.53. The molecule has 0 amide bonds. The number of non-ortho nitro benzene ring substituents is 1. The summed E-state index contributed by atoms with van der Waals surface area (Å²) >= 11 is 1.59. The van der Waals surface area contributed by atoms with Crippen molar-refractivity contribution < 1.29 is 4.92 Å². The Labute approximate surface area is 125 Å². The van der Waals surface area contributed by atoms with Gasteiger partial charge >= 0.3 is 0 Å². The summed E-state index contributed by atoms with van der Waals surface area (Å²) in [5.41, 5.74) is 0.123. The summed E-state index contributed by atoms with van der Waals surface area (Å²) in [6.07, 6.45) is 0. The van der Waals surface area contributed by atoms with Gasteiger partial charge in [0, 0.05) is 21.9 Å². The maximum atomic E-state index is 10.5. The van der Waals surface area contributed by atoms with Gasteiger partial charge in [-0.3, -0.25) is 10.1 Å². The van der Waals surface area contributed by atoms with Crippen molar-refractivity contribution in [3.8, 4) is 0 Å². The first-order chi connectivity index (χ1) is 9.75. The van der Waals surface area contributed by atoms with Crippen molar-refractivity contribution in [2.75, 3.05) is 0 Å². The van der Waals surface area contributed by atoms with Gasteiger partial charge in [0.15, 0.2) is 0 Å². The van der Waals surface area contributed by atoms with Gasteiger partial charge in [0.2, 0.25) is 0 Å². The van der Waals surface area contributed by atoms with Crippen molar-refractivity contribution >= 4 is 17.4 Å². The molecular formula is C16H21NO2S. The quantitative estimate of drug-likeness (QED) is 0.530. The Hall–Kier alpha value is -1.81. The third-order valence-corrected chi connectivity index (χ3v) is 3.04. The van der Waals surface area contributed by atoms with E-state index in [-0.39, 0.29) is 5.69 Å². The van der Waals surface area contributed by atoms with E-state index >= 15 is 0 Å². The first-order valence-corrected chi connectivity index (χ1v) is 7.55. The van der Waals surface area contributed by atoms with Crippen molar-refractivity contribution in [2.24, 2.45) is 0 Å². The lowest BCUT2D eigenvalue weighted by molar-refractivity contribution is -0.384. The molecule has 0 radical (unpaired) electrons. The van der Waals surface area contributed by atoms with Crippen LogP contribution in [0.3, 0.4) is 0 Å². The van der Waals surface area contributed by atoms with E-state index in [1.54, 1.807) is 23.9 Å². The Morgan fingerprint density at radius 3 is 1.70 bits per heavy atom. The molecule has 0 saturated carbocycles. The summed E-state index contributed by atoms with van der Waals surface area (Å²) in [6.45, 7) is 8.00. The second-order valence-corrected chi connectivity index (χ2v) is 4.31. The van der Waals surface area contributed by atoms with Crippen molar-refractivity contribution in [1.29, 1.82) is 0 Å². The highest BCUT2D eigenvalue weighted by Crippen LogP contribution is 2.28. The Morgan fingerprint density at radius 1 is 0.800 bits per heavy atom. The fourth-order valence-electron chi connectivity index (χ4n) is 1.26. The van der Waals surface area contributed by atoms with Crippen LogP contribution in [0.15, 0.2) is 64.4 Å². The van der Waals surface area contributed by atoms with Crippen LogP contribution in [0.1, 0.15) is 27.7 Å². The predicted octanol–water partition coefficient (Wildman–Crippen LogP) is 5.80. The smallest absolute Gasteiger partial charge is 0.258 e. The zero-order valence-corrected chi connectivity index (χ0v) is 13.2. The van der Waals surface area contributed by atoms with E-state index in [1.807, 2.05) is 58.0 Å². The lowest BCUT2D eigenvalue weighted by atomic mass is 10.3. The van der Waals surface area contributed by atoms with Gasteiger partial charge in [-0.1, -0.05) is 57.7 Å². The average molecular weight is 291 g/mol. The molecule has 0 saturated heterocycles. The van der Waals surface area contributed by atoms with Crippen molar-refractivity contribution in [3.63, 3.8) is 0 Å². The Bertz CT molecular complexity index is 484. The Balaban J connectivity index is 0.000000829. The second-order valence-electron chi connectivity index (χ2n) is 3.17. The Morgan fingerprint density at radius 2 is 1.25 bits per heavy atom. The first-order valence-electron chi connectivity index (χ1n) is 6.73. The van der Waals surface area contributed by atoms with Crippen molar-refractivity contribution in [3.05, 3.63) is 64.7 Å². The maximum Gasteiger partial charge on any atom is 0.269 e. The lowest BCUT2D eigenvalue weighted by Gasteiger charge is -2.00. The highest BCUT2D eigenvalue weighted by molar-refractivity contribution is 7.99. The third kappa shape index (κ3) is 6.38. The zero-order chi connectivity index (χ0) is 15.4. The molecule has 2 aromatic carbocycles. The number of nitrogens with zero attached hydrogens (tertiary/aromatic N) is 1. The first kappa shape index (κ1) is 18.2. The molecule has 2 rings (SSSR count). The molecule has 0 spiro atoms. The van der Waals surface area contributed by atoms with Crippen molar-refractivity contribution in [2.45, 2.75) is 37.5 Å². The van der Waals surface area contributed by atoms with Crippen molar-refractivity contribution in [1.82, 2.24) is 0 Å². The van der Waals surface area contributed by atoms with Crippen LogP contribution in [0.5, 0.6) is 0 Å². The van der Waals surface area contributed by atoms with E-state index in [1.165, 1.54) is 12.1 Å². The molecule has 0 aliphatic heterocycles. The molecule has 0 atom stereocenters. The standard InChI is InChI=1S/C12H9NO2S.2C2H6/c14-13(15)10-6-8-12(9-7-10)16-11-4-2-1-3-5-11;2*1-2/h1-9H;2*1-2H3. The molecular weight excluding hydrogens is 270 g/mol. The molecule has 0 unspecified atom stereocenters. The van der Waals surface area contributed by atoms with Gasteiger partial charge in [-0.05, 0) is 24.3 Å². The summed E-state index contributed by atoms with van der Waals surface area (Å²) in [5.74, 6) is 0. The molecule has 2 aromatic rings. The molecule has 0 aromatic heterocycles. The van der Waals surface area contributed by atoms with Gasteiger partial charge < -0.3 is 0 Å². The SMILES string of the molecule is CC.CC.O=[N+]([O-])c1ccc(Sc2ccccc2)cc1. The normalized spacial score (nSPS) is 8.60. The topological polar surface area (TPSA) is 43.1 Å². The van der Waals surface area contributed by atoms with Crippen LogP contribution in [0.25, 0.3) is 0 Å². The summed E-state index contributed by atoms with van der Waals surface area (Å²) in [6, 6.07) is 16.5. The van der Waals surface area contributed by atoms with E-state index in [0.29, 0.717) is 0 Å². The van der Waals surface area contributed by atoms with Gasteiger partial charge in [-0.2, -0.15) is 0 Å². The zero-order valence-electron chi connectivity index (χ0n) is 12.4. The molecule has 20 heavy (non-hydrogen) atoms. The molecule has 4 heteroatoms. The Kier molecular flexibility index (Phi) is 10.1. The third-order valence-electron chi connectivity index (χ3n) is 2.03. The van der Waals surface area contributed by atoms with Gasteiger partial charge in [-0.15, -0.1) is 0 Å².